The Kier molecular flexibility index (Phi) is 6.20. The van der Waals surface area contributed by atoms with Gasteiger partial charge in [-0.15, -0.1) is 0 Å². The van der Waals surface area contributed by atoms with Crippen molar-refractivity contribution < 1.29 is 9.53 Å². The molecular formula is C18H23NO2. The van der Waals surface area contributed by atoms with E-state index in [9.17, 15) is 4.79 Å². The molecule has 0 aliphatic rings. The summed E-state index contributed by atoms with van der Waals surface area (Å²) >= 11 is 0. The number of esters is 1. The van der Waals surface area contributed by atoms with Crippen molar-refractivity contribution in [1.29, 1.82) is 0 Å². The van der Waals surface area contributed by atoms with E-state index in [4.69, 9.17) is 10.5 Å². The van der Waals surface area contributed by atoms with Crippen molar-refractivity contribution in [2.24, 2.45) is 11.7 Å². The lowest BCUT2D eigenvalue weighted by atomic mass is 9.88. The van der Waals surface area contributed by atoms with Crippen LogP contribution < -0.4 is 5.73 Å². The number of benzene rings is 1. The first-order valence-electron chi connectivity index (χ1n) is 6.97. The first-order chi connectivity index (χ1) is 9.84. The van der Waals surface area contributed by atoms with Crippen molar-refractivity contribution in [3.8, 4) is 11.8 Å². The van der Waals surface area contributed by atoms with Gasteiger partial charge in [0.05, 0.1) is 0 Å². The van der Waals surface area contributed by atoms with Crippen LogP contribution in [0.25, 0.3) is 0 Å². The molecule has 0 bridgehead atoms. The molecule has 0 saturated heterocycles. The minimum Gasteiger partial charge on any atom is -0.459 e. The molecule has 0 spiro atoms. The third-order valence-corrected chi connectivity index (χ3v) is 3.26. The molecule has 2 atom stereocenters. The Hall–Kier alpha value is -2.05. The van der Waals surface area contributed by atoms with Crippen LogP contribution in [-0.2, 0) is 16.1 Å². The molecule has 0 fully saturated rings. The van der Waals surface area contributed by atoms with Crippen LogP contribution in [0.15, 0.2) is 42.5 Å². The van der Waals surface area contributed by atoms with E-state index >= 15 is 0 Å². The summed E-state index contributed by atoms with van der Waals surface area (Å²) < 4.78 is 5.29. The zero-order valence-corrected chi connectivity index (χ0v) is 13.0. The van der Waals surface area contributed by atoms with Gasteiger partial charge in [0.15, 0.2) is 0 Å². The SMILES string of the molecule is C=C(C)CC#C[C@@H](C)[C@](C)(N)C(=O)OCc1ccccc1. The summed E-state index contributed by atoms with van der Waals surface area (Å²) in [6, 6.07) is 9.51. The fraction of sp³-hybridized carbons (Fsp3) is 0.389. The van der Waals surface area contributed by atoms with Gasteiger partial charge >= 0.3 is 5.97 Å². The predicted molar refractivity (Wildman–Crippen MR) is 85.2 cm³/mol. The lowest BCUT2D eigenvalue weighted by Crippen LogP contribution is -2.51. The van der Waals surface area contributed by atoms with Crippen LogP contribution >= 0.6 is 0 Å². The molecule has 0 saturated carbocycles. The van der Waals surface area contributed by atoms with Crippen molar-refractivity contribution >= 4 is 5.97 Å². The Morgan fingerprint density at radius 2 is 2.05 bits per heavy atom. The molecule has 0 radical (unpaired) electrons. The summed E-state index contributed by atoms with van der Waals surface area (Å²) in [5, 5.41) is 0. The van der Waals surface area contributed by atoms with Gasteiger partial charge in [0.1, 0.15) is 12.1 Å². The van der Waals surface area contributed by atoms with Crippen LogP contribution in [0, 0.1) is 17.8 Å². The lowest BCUT2D eigenvalue weighted by Gasteiger charge is -2.25. The van der Waals surface area contributed by atoms with Crippen LogP contribution in [0.2, 0.25) is 0 Å². The van der Waals surface area contributed by atoms with E-state index in [-0.39, 0.29) is 12.5 Å². The van der Waals surface area contributed by atoms with E-state index in [0.717, 1.165) is 11.1 Å². The van der Waals surface area contributed by atoms with Gasteiger partial charge in [-0.05, 0) is 26.3 Å². The van der Waals surface area contributed by atoms with Crippen molar-refractivity contribution in [3.05, 3.63) is 48.0 Å². The molecule has 3 heteroatoms. The van der Waals surface area contributed by atoms with Crippen LogP contribution in [-0.4, -0.2) is 11.5 Å². The quantitative estimate of drug-likeness (QED) is 0.514. The van der Waals surface area contributed by atoms with Gasteiger partial charge in [0.2, 0.25) is 0 Å². The van der Waals surface area contributed by atoms with Gasteiger partial charge < -0.3 is 10.5 Å². The highest BCUT2D eigenvalue weighted by atomic mass is 16.5. The summed E-state index contributed by atoms with van der Waals surface area (Å²) in [7, 11) is 0. The summed E-state index contributed by atoms with van der Waals surface area (Å²) in [5.41, 5.74) is 6.88. The second kappa shape index (κ2) is 7.66. The molecular weight excluding hydrogens is 262 g/mol. The lowest BCUT2D eigenvalue weighted by molar-refractivity contribution is -0.152. The van der Waals surface area contributed by atoms with Gasteiger partial charge in [-0.1, -0.05) is 54.3 Å². The van der Waals surface area contributed by atoms with Crippen LogP contribution in [0.5, 0.6) is 0 Å². The fourth-order valence-corrected chi connectivity index (χ4v) is 1.56. The molecule has 1 rings (SSSR count). The van der Waals surface area contributed by atoms with Crippen molar-refractivity contribution in [2.75, 3.05) is 0 Å². The van der Waals surface area contributed by atoms with E-state index < -0.39 is 11.5 Å². The molecule has 0 aliphatic heterocycles. The fourth-order valence-electron chi connectivity index (χ4n) is 1.56. The Morgan fingerprint density at radius 3 is 2.62 bits per heavy atom. The van der Waals surface area contributed by atoms with Crippen LogP contribution in [0.1, 0.15) is 32.8 Å². The zero-order valence-electron chi connectivity index (χ0n) is 13.0. The molecule has 2 N–H and O–H groups in total. The number of hydrogen-bond acceptors (Lipinski definition) is 3. The topological polar surface area (TPSA) is 52.3 Å². The number of nitrogens with two attached hydrogens (primary N) is 1. The summed E-state index contributed by atoms with van der Waals surface area (Å²) in [4.78, 5) is 12.1. The molecule has 112 valence electrons. The minimum absolute atomic E-state index is 0.221. The highest BCUT2D eigenvalue weighted by Gasteiger charge is 2.35. The van der Waals surface area contributed by atoms with E-state index in [0.29, 0.717) is 6.42 Å². The maximum atomic E-state index is 12.1. The number of carbonyl (C=O) groups excluding carboxylic acids is 1. The molecule has 21 heavy (non-hydrogen) atoms. The van der Waals surface area contributed by atoms with E-state index in [1.807, 2.05) is 44.2 Å². The number of allylic oxidation sites excluding steroid dienone is 1. The van der Waals surface area contributed by atoms with Gasteiger partial charge in [-0.25, -0.2) is 0 Å². The minimum atomic E-state index is -1.13. The average molecular weight is 285 g/mol. The van der Waals surface area contributed by atoms with Crippen molar-refractivity contribution in [3.63, 3.8) is 0 Å². The monoisotopic (exact) mass is 285 g/mol. The Bertz CT molecular complexity index is 550. The smallest absolute Gasteiger partial charge is 0.327 e. The summed E-state index contributed by atoms with van der Waals surface area (Å²) in [6.07, 6.45) is 0.611. The molecule has 0 unspecified atom stereocenters. The largest absolute Gasteiger partial charge is 0.459 e. The van der Waals surface area contributed by atoms with Crippen molar-refractivity contribution in [2.45, 2.75) is 39.3 Å². The summed E-state index contributed by atoms with van der Waals surface area (Å²) in [6.45, 7) is 9.40. The van der Waals surface area contributed by atoms with Gasteiger partial charge in [-0.2, -0.15) is 0 Å². The standard InChI is InChI=1S/C18H23NO2/c1-14(2)9-8-10-15(3)18(4,19)17(20)21-13-16-11-6-5-7-12-16/h5-7,11-12,15H,1,9,13,19H2,2-4H3/t15-,18+/m1/s1. The normalized spacial score (nSPS) is 14.3. The number of carbonyl (C=O) groups is 1. The third-order valence-electron chi connectivity index (χ3n) is 3.26. The first kappa shape index (κ1) is 17.0. The average Bonchev–Trinajstić information content (AvgIpc) is 2.45. The predicted octanol–water partition coefficient (Wildman–Crippen LogP) is 3.05. The molecule has 0 amide bonds. The molecule has 1 aromatic rings. The highest BCUT2D eigenvalue weighted by Crippen LogP contribution is 2.16. The zero-order chi connectivity index (χ0) is 15.9. The van der Waals surface area contributed by atoms with Gasteiger partial charge in [0.25, 0.3) is 0 Å². The van der Waals surface area contributed by atoms with Crippen molar-refractivity contribution in [1.82, 2.24) is 0 Å². The van der Waals surface area contributed by atoms with Crippen LogP contribution in [0.4, 0.5) is 0 Å². The second-order valence-electron chi connectivity index (χ2n) is 5.52. The second-order valence-corrected chi connectivity index (χ2v) is 5.52. The van der Waals surface area contributed by atoms with E-state index in [1.165, 1.54) is 0 Å². The van der Waals surface area contributed by atoms with E-state index in [2.05, 4.69) is 18.4 Å². The highest BCUT2D eigenvalue weighted by molar-refractivity contribution is 5.81. The number of ether oxygens (including phenoxy) is 1. The Morgan fingerprint density at radius 1 is 1.43 bits per heavy atom. The number of hydrogen-bond donors (Lipinski definition) is 1. The Balaban J connectivity index is 2.61. The molecule has 1 aromatic carbocycles. The maximum absolute atomic E-state index is 12.1. The molecule has 3 nitrogen and oxygen atoms in total. The van der Waals surface area contributed by atoms with Crippen LogP contribution in [0.3, 0.4) is 0 Å². The molecule has 0 aromatic heterocycles. The molecule has 0 heterocycles. The summed E-state index contributed by atoms with van der Waals surface area (Å²) in [5.74, 6) is 5.25. The Labute approximate surface area is 127 Å². The van der Waals surface area contributed by atoms with Gasteiger partial charge in [-0.3, -0.25) is 4.79 Å². The third kappa shape index (κ3) is 5.45. The number of rotatable bonds is 5. The van der Waals surface area contributed by atoms with E-state index in [1.54, 1.807) is 6.92 Å². The molecule has 0 aliphatic carbocycles. The maximum Gasteiger partial charge on any atom is 0.327 e. The first-order valence-corrected chi connectivity index (χ1v) is 6.97. The van der Waals surface area contributed by atoms with Gasteiger partial charge in [0, 0.05) is 12.3 Å².